The molecular formula is C5H8N2O. The molecule has 3 heteroatoms. The van der Waals surface area contributed by atoms with Gasteiger partial charge in [-0.3, -0.25) is 4.99 Å². The molecule has 0 aliphatic carbocycles. The molecule has 0 saturated carbocycles. The van der Waals surface area contributed by atoms with Crippen molar-refractivity contribution in [3.8, 4) is 0 Å². The highest BCUT2D eigenvalue weighted by Gasteiger charge is 2.00. The highest BCUT2D eigenvalue weighted by atomic mass is 16.5. The minimum Gasteiger partial charge on any atom is -0.315 e. The molecule has 1 atom stereocenters. The second kappa shape index (κ2) is 2.59. The summed E-state index contributed by atoms with van der Waals surface area (Å²) in [4.78, 5) is 3.88. The fraction of sp³-hybridized carbons (Fsp3) is 0.400. The molecule has 1 unspecified atom stereocenters. The Labute approximate surface area is 47.7 Å². The smallest absolute Gasteiger partial charge is 0.125 e. The molecule has 1 aliphatic rings. The van der Waals surface area contributed by atoms with Gasteiger partial charge in [-0.05, 0) is 6.08 Å². The van der Waals surface area contributed by atoms with Gasteiger partial charge in [0.2, 0.25) is 0 Å². The van der Waals surface area contributed by atoms with Crippen molar-refractivity contribution in [1.29, 1.82) is 0 Å². The van der Waals surface area contributed by atoms with Crippen molar-refractivity contribution < 1.29 is 5.21 Å². The van der Waals surface area contributed by atoms with Crippen molar-refractivity contribution >= 4 is 6.21 Å². The molecule has 44 valence electrons. The van der Waals surface area contributed by atoms with Crippen LogP contribution in [0.25, 0.3) is 0 Å². The lowest BCUT2D eigenvalue weighted by molar-refractivity contribution is 0.130. The molecule has 0 spiro atoms. The topological polar surface area (TPSA) is 44.6 Å². The second-order valence-corrected chi connectivity index (χ2v) is 1.61. The summed E-state index contributed by atoms with van der Waals surface area (Å²) in [5.41, 5.74) is 2.05. The van der Waals surface area contributed by atoms with Crippen LogP contribution in [0.5, 0.6) is 0 Å². The fourth-order valence-electron chi connectivity index (χ4n) is 0.569. The van der Waals surface area contributed by atoms with Crippen LogP contribution in [-0.4, -0.2) is 17.6 Å². The first kappa shape index (κ1) is 5.47. The van der Waals surface area contributed by atoms with E-state index < -0.39 is 0 Å². The van der Waals surface area contributed by atoms with Crippen LogP contribution in [-0.2, 0) is 0 Å². The standard InChI is InChI=1S/C5H8N2O/c8-7-5-3-1-2-4-6-5/h1-2,4-5,7-8H,3H2. The van der Waals surface area contributed by atoms with E-state index in [0.717, 1.165) is 6.42 Å². The third kappa shape index (κ3) is 1.15. The van der Waals surface area contributed by atoms with Crippen LogP contribution < -0.4 is 5.48 Å². The van der Waals surface area contributed by atoms with Gasteiger partial charge in [0.15, 0.2) is 0 Å². The average Bonchev–Trinajstić information content (AvgIpc) is 1.90. The van der Waals surface area contributed by atoms with Crippen LogP contribution in [0.15, 0.2) is 17.1 Å². The Balaban J connectivity index is 2.40. The molecule has 0 saturated heterocycles. The summed E-state index contributed by atoms with van der Waals surface area (Å²) in [7, 11) is 0. The van der Waals surface area contributed by atoms with Crippen LogP contribution >= 0.6 is 0 Å². The summed E-state index contributed by atoms with van der Waals surface area (Å²) in [6.45, 7) is 0. The zero-order chi connectivity index (χ0) is 5.82. The van der Waals surface area contributed by atoms with Gasteiger partial charge in [-0.1, -0.05) is 6.08 Å². The highest BCUT2D eigenvalue weighted by molar-refractivity contribution is 5.71. The molecule has 3 nitrogen and oxygen atoms in total. The van der Waals surface area contributed by atoms with E-state index in [1.165, 1.54) is 0 Å². The van der Waals surface area contributed by atoms with Crippen molar-refractivity contribution in [1.82, 2.24) is 5.48 Å². The van der Waals surface area contributed by atoms with E-state index in [0.29, 0.717) is 0 Å². The predicted octanol–water partition coefficient (Wildman–Crippen LogP) is 0.322. The Morgan fingerprint density at radius 1 is 1.75 bits per heavy atom. The lowest BCUT2D eigenvalue weighted by Gasteiger charge is -2.07. The van der Waals surface area contributed by atoms with Gasteiger partial charge >= 0.3 is 0 Å². The first-order valence-corrected chi connectivity index (χ1v) is 2.51. The minimum absolute atomic E-state index is 0.125. The highest BCUT2D eigenvalue weighted by Crippen LogP contribution is 1.97. The van der Waals surface area contributed by atoms with E-state index in [4.69, 9.17) is 5.21 Å². The molecule has 0 bridgehead atoms. The van der Waals surface area contributed by atoms with Crippen LogP contribution in [0.2, 0.25) is 0 Å². The predicted molar refractivity (Wildman–Crippen MR) is 31.0 cm³/mol. The summed E-state index contributed by atoms with van der Waals surface area (Å²) >= 11 is 0. The second-order valence-electron chi connectivity index (χ2n) is 1.61. The van der Waals surface area contributed by atoms with Gasteiger partial charge < -0.3 is 5.21 Å². The van der Waals surface area contributed by atoms with Crippen molar-refractivity contribution in [3.05, 3.63) is 12.2 Å². The van der Waals surface area contributed by atoms with E-state index in [1.54, 1.807) is 6.21 Å². The number of aliphatic imine (C=N–C) groups is 1. The number of hydroxylamine groups is 1. The average molecular weight is 112 g/mol. The molecule has 1 aliphatic heterocycles. The van der Waals surface area contributed by atoms with Crippen molar-refractivity contribution in [2.24, 2.45) is 4.99 Å². The Morgan fingerprint density at radius 2 is 2.62 bits per heavy atom. The van der Waals surface area contributed by atoms with Crippen molar-refractivity contribution in [3.63, 3.8) is 0 Å². The zero-order valence-electron chi connectivity index (χ0n) is 4.41. The van der Waals surface area contributed by atoms with E-state index in [2.05, 4.69) is 10.5 Å². The largest absolute Gasteiger partial charge is 0.315 e. The Morgan fingerprint density at radius 3 is 3.00 bits per heavy atom. The third-order valence-electron chi connectivity index (χ3n) is 0.997. The van der Waals surface area contributed by atoms with Gasteiger partial charge in [-0.25, -0.2) is 0 Å². The number of allylic oxidation sites excluding steroid dienone is 1. The molecule has 1 rings (SSSR count). The van der Waals surface area contributed by atoms with E-state index in [9.17, 15) is 0 Å². The zero-order valence-corrected chi connectivity index (χ0v) is 4.41. The molecule has 1 heterocycles. The third-order valence-corrected chi connectivity index (χ3v) is 0.997. The first-order chi connectivity index (χ1) is 3.93. The van der Waals surface area contributed by atoms with Gasteiger partial charge in [0.05, 0.1) is 0 Å². The molecule has 0 aromatic heterocycles. The summed E-state index contributed by atoms with van der Waals surface area (Å²) in [6, 6.07) is 0. The van der Waals surface area contributed by atoms with Gasteiger partial charge in [-0.15, -0.1) is 0 Å². The first-order valence-electron chi connectivity index (χ1n) is 2.51. The molecule has 0 radical (unpaired) electrons. The van der Waals surface area contributed by atoms with E-state index in [1.807, 2.05) is 12.2 Å². The number of nitrogens with zero attached hydrogens (tertiary/aromatic N) is 1. The van der Waals surface area contributed by atoms with Gasteiger partial charge in [0.1, 0.15) is 6.17 Å². The maximum atomic E-state index is 8.29. The SMILES string of the molecule is ONC1CC=CC=N1. The normalized spacial score (nSPS) is 26.4. The maximum Gasteiger partial charge on any atom is 0.125 e. The van der Waals surface area contributed by atoms with Crippen molar-refractivity contribution in [2.75, 3.05) is 0 Å². The molecule has 0 aromatic rings. The Bertz CT molecular complexity index is 120. The van der Waals surface area contributed by atoms with Gasteiger partial charge in [0, 0.05) is 12.6 Å². The molecule has 0 aromatic carbocycles. The quantitative estimate of drug-likeness (QED) is 0.480. The summed E-state index contributed by atoms with van der Waals surface area (Å²) in [6.07, 6.45) is 6.11. The molecule has 8 heavy (non-hydrogen) atoms. The Hall–Kier alpha value is -0.670. The van der Waals surface area contributed by atoms with Crippen molar-refractivity contribution in [2.45, 2.75) is 12.6 Å². The molecule has 0 fully saturated rings. The molecule has 2 N–H and O–H groups in total. The van der Waals surface area contributed by atoms with Crippen LogP contribution in [0.1, 0.15) is 6.42 Å². The lowest BCUT2D eigenvalue weighted by Crippen LogP contribution is -2.23. The number of nitrogens with one attached hydrogen (secondary N) is 1. The number of dihydropyridines is 1. The van der Waals surface area contributed by atoms with E-state index >= 15 is 0 Å². The van der Waals surface area contributed by atoms with Gasteiger partial charge in [0.25, 0.3) is 0 Å². The number of rotatable bonds is 1. The maximum absolute atomic E-state index is 8.29. The number of hydrogen-bond acceptors (Lipinski definition) is 3. The van der Waals surface area contributed by atoms with Crippen LogP contribution in [0, 0.1) is 0 Å². The molecule has 0 amide bonds. The van der Waals surface area contributed by atoms with Crippen LogP contribution in [0.4, 0.5) is 0 Å². The summed E-state index contributed by atoms with van der Waals surface area (Å²) < 4.78 is 0. The minimum atomic E-state index is -0.125. The number of hydrogen-bond donors (Lipinski definition) is 2. The molecular weight excluding hydrogens is 104 g/mol. The summed E-state index contributed by atoms with van der Waals surface area (Å²) in [5, 5.41) is 8.29. The van der Waals surface area contributed by atoms with Crippen LogP contribution in [0.3, 0.4) is 0 Å². The lowest BCUT2D eigenvalue weighted by atomic mass is 10.3. The van der Waals surface area contributed by atoms with E-state index in [-0.39, 0.29) is 6.17 Å². The van der Waals surface area contributed by atoms with Gasteiger partial charge in [-0.2, -0.15) is 5.48 Å². The summed E-state index contributed by atoms with van der Waals surface area (Å²) in [5.74, 6) is 0. The fourth-order valence-corrected chi connectivity index (χ4v) is 0.569. The Kier molecular flexibility index (Phi) is 1.77. The monoisotopic (exact) mass is 112 g/mol.